The van der Waals surface area contributed by atoms with E-state index in [-0.39, 0.29) is 10.6 Å². The van der Waals surface area contributed by atoms with Crippen LogP contribution in [0.1, 0.15) is 18.6 Å². The van der Waals surface area contributed by atoms with Crippen LogP contribution < -0.4 is 0 Å². The molecule has 0 aliphatic heterocycles. The number of nitriles is 1. The molecule has 14 heavy (non-hydrogen) atoms. The van der Waals surface area contributed by atoms with E-state index >= 15 is 0 Å². The molecule has 1 atom stereocenters. The van der Waals surface area contributed by atoms with E-state index in [9.17, 15) is 4.39 Å². The standard InChI is InChI=1S/C10H9ClFNO/c1-2-14-9(6-13)7-4-3-5-8(11)10(7)12/h3-5,9H,2H2,1H3. The third-order valence-electron chi connectivity index (χ3n) is 1.71. The molecule has 1 rings (SSSR count). The highest BCUT2D eigenvalue weighted by Gasteiger charge is 2.16. The molecule has 0 aliphatic carbocycles. The molecule has 0 aliphatic rings. The molecule has 0 radical (unpaired) electrons. The fraction of sp³-hybridized carbons (Fsp3) is 0.300. The smallest absolute Gasteiger partial charge is 0.171 e. The third-order valence-corrected chi connectivity index (χ3v) is 2.01. The molecule has 0 N–H and O–H groups in total. The van der Waals surface area contributed by atoms with Gasteiger partial charge in [-0.25, -0.2) is 4.39 Å². The maximum Gasteiger partial charge on any atom is 0.171 e. The third kappa shape index (κ3) is 2.22. The van der Waals surface area contributed by atoms with Crippen LogP contribution in [-0.4, -0.2) is 6.61 Å². The number of nitrogens with zero attached hydrogens (tertiary/aromatic N) is 1. The lowest BCUT2D eigenvalue weighted by Crippen LogP contribution is -2.04. The van der Waals surface area contributed by atoms with Crippen LogP contribution in [0.25, 0.3) is 0 Å². The van der Waals surface area contributed by atoms with Crippen LogP contribution >= 0.6 is 11.6 Å². The van der Waals surface area contributed by atoms with Gasteiger partial charge in [-0.3, -0.25) is 0 Å². The molecular weight excluding hydrogens is 205 g/mol. The number of ether oxygens (including phenoxy) is 1. The van der Waals surface area contributed by atoms with E-state index in [1.54, 1.807) is 13.0 Å². The van der Waals surface area contributed by atoms with Crippen molar-refractivity contribution in [3.8, 4) is 6.07 Å². The molecule has 0 spiro atoms. The first-order chi connectivity index (χ1) is 6.70. The molecule has 1 unspecified atom stereocenters. The van der Waals surface area contributed by atoms with Crippen molar-refractivity contribution in [3.63, 3.8) is 0 Å². The lowest BCUT2D eigenvalue weighted by molar-refractivity contribution is 0.0993. The Hall–Kier alpha value is -1.11. The van der Waals surface area contributed by atoms with Crippen molar-refractivity contribution >= 4 is 11.6 Å². The summed E-state index contributed by atoms with van der Waals surface area (Å²) in [5.74, 6) is -0.589. The van der Waals surface area contributed by atoms with Crippen molar-refractivity contribution in [2.45, 2.75) is 13.0 Å². The van der Waals surface area contributed by atoms with Crippen molar-refractivity contribution in [3.05, 3.63) is 34.6 Å². The lowest BCUT2D eigenvalue weighted by Gasteiger charge is -2.10. The molecule has 74 valence electrons. The van der Waals surface area contributed by atoms with Crippen molar-refractivity contribution in [2.24, 2.45) is 0 Å². The molecule has 0 aromatic heterocycles. The highest BCUT2D eigenvalue weighted by molar-refractivity contribution is 6.30. The summed E-state index contributed by atoms with van der Waals surface area (Å²) in [5.41, 5.74) is 0.182. The molecule has 2 nitrogen and oxygen atoms in total. The van der Waals surface area contributed by atoms with Gasteiger partial charge in [0.2, 0.25) is 0 Å². The number of hydrogen-bond acceptors (Lipinski definition) is 2. The fourth-order valence-corrected chi connectivity index (χ4v) is 1.27. The van der Waals surface area contributed by atoms with E-state index in [0.717, 1.165) is 0 Å². The highest BCUT2D eigenvalue weighted by atomic mass is 35.5. The first-order valence-corrected chi connectivity index (χ1v) is 4.53. The Labute approximate surface area is 86.9 Å². The van der Waals surface area contributed by atoms with Gasteiger partial charge in [-0.15, -0.1) is 0 Å². The molecule has 1 aromatic carbocycles. The molecule has 0 saturated carbocycles. The summed E-state index contributed by atoms with van der Waals surface area (Å²) in [4.78, 5) is 0. The Kier molecular flexibility index (Phi) is 3.87. The van der Waals surface area contributed by atoms with Gasteiger partial charge in [0.05, 0.1) is 11.1 Å². The summed E-state index contributed by atoms with van der Waals surface area (Å²) in [6, 6.07) is 6.38. The van der Waals surface area contributed by atoms with Crippen molar-refractivity contribution in [1.29, 1.82) is 5.26 Å². The van der Waals surface area contributed by atoms with Crippen LogP contribution in [0.3, 0.4) is 0 Å². The average Bonchev–Trinajstić information content (AvgIpc) is 2.19. The van der Waals surface area contributed by atoms with Gasteiger partial charge in [0.1, 0.15) is 5.82 Å². The van der Waals surface area contributed by atoms with Crippen molar-refractivity contribution in [1.82, 2.24) is 0 Å². The molecule has 1 aromatic rings. The average molecular weight is 214 g/mol. The number of halogens is 2. The monoisotopic (exact) mass is 213 g/mol. The molecule has 4 heteroatoms. The largest absolute Gasteiger partial charge is 0.359 e. The van der Waals surface area contributed by atoms with Gasteiger partial charge >= 0.3 is 0 Å². The zero-order valence-corrected chi connectivity index (χ0v) is 8.38. The summed E-state index contributed by atoms with van der Waals surface area (Å²) in [7, 11) is 0. The van der Waals surface area contributed by atoms with Gasteiger partial charge < -0.3 is 4.74 Å². The molecule has 0 fully saturated rings. The molecular formula is C10H9ClFNO. The van der Waals surface area contributed by atoms with Crippen LogP contribution in [0.4, 0.5) is 4.39 Å². The van der Waals surface area contributed by atoms with Crippen LogP contribution in [0.5, 0.6) is 0 Å². The Morgan fingerprint density at radius 3 is 2.93 bits per heavy atom. The Morgan fingerprint density at radius 2 is 2.36 bits per heavy atom. The van der Waals surface area contributed by atoms with E-state index in [2.05, 4.69) is 0 Å². The first kappa shape index (κ1) is 11.0. The van der Waals surface area contributed by atoms with Crippen LogP contribution in [-0.2, 0) is 4.74 Å². The number of hydrogen-bond donors (Lipinski definition) is 0. The molecule has 0 saturated heterocycles. The lowest BCUT2D eigenvalue weighted by atomic mass is 10.1. The summed E-state index contributed by atoms with van der Waals surface area (Å²) < 4.78 is 18.5. The van der Waals surface area contributed by atoms with Gasteiger partial charge in [-0.1, -0.05) is 23.7 Å². The van der Waals surface area contributed by atoms with E-state index in [1.165, 1.54) is 12.1 Å². The number of benzene rings is 1. The van der Waals surface area contributed by atoms with Gasteiger partial charge in [0, 0.05) is 12.2 Å². The second-order valence-electron chi connectivity index (χ2n) is 2.61. The molecule has 0 heterocycles. The minimum Gasteiger partial charge on any atom is -0.359 e. The summed E-state index contributed by atoms with van der Waals surface area (Å²) in [6.45, 7) is 2.09. The molecule has 0 amide bonds. The first-order valence-electron chi connectivity index (χ1n) is 4.15. The van der Waals surface area contributed by atoms with Crippen LogP contribution in [0, 0.1) is 17.1 Å². The van der Waals surface area contributed by atoms with E-state index in [4.69, 9.17) is 21.6 Å². The minimum atomic E-state index is -0.890. The maximum atomic E-state index is 13.4. The van der Waals surface area contributed by atoms with Gasteiger partial charge in [-0.05, 0) is 13.0 Å². The van der Waals surface area contributed by atoms with Gasteiger partial charge in [0.25, 0.3) is 0 Å². The Bertz CT molecular complexity index is 362. The Morgan fingerprint density at radius 1 is 1.64 bits per heavy atom. The van der Waals surface area contributed by atoms with E-state index in [1.807, 2.05) is 6.07 Å². The topological polar surface area (TPSA) is 33.0 Å². The van der Waals surface area contributed by atoms with Crippen molar-refractivity contribution < 1.29 is 9.13 Å². The summed E-state index contributed by atoms with van der Waals surface area (Å²) in [5, 5.41) is 8.74. The maximum absolute atomic E-state index is 13.4. The van der Waals surface area contributed by atoms with Crippen LogP contribution in [0.15, 0.2) is 18.2 Å². The number of rotatable bonds is 3. The predicted octanol–water partition coefficient (Wildman–Crippen LogP) is 3.08. The summed E-state index contributed by atoms with van der Waals surface area (Å²) >= 11 is 5.58. The summed E-state index contributed by atoms with van der Waals surface area (Å²) in [6.07, 6.45) is -0.890. The highest BCUT2D eigenvalue weighted by Crippen LogP contribution is 2.25. The predicted molar refractivity (Wildman–Crippen MR) is 51.4 cm³/mol. The van der Waals surface area contributed by atoms with Gasteiger partial charge in [0.15, 0.2) is 6.10 Å². The van der Waals surface area contributed by atoms with Gasteiger partial charge in [-0.2, -0.15) is 5.26 Å². The van der Waals surface area contributed by atoms with E-state index in [0.29, 0.717) is 6.61 Å². The van der Waals surface area contributed by atoms with Crippen LogP contribution in [0.2, 0.25) is 5.02 Å². The second-order valence-corrected chi connectivity index (χ2v) is 3.01. The zero-order valence-electron chi connectivity index (χ0n) is 7.63. The van der Waals surface area contributed by atoms with E-state index < -0.39 is 11.9 Å². The second kappa shape index (κ2) is 4.94. The quantitative estimate of drug-likeness (QED) is 0.773. The fourth-order valence-electron chi connectivity index (χ4n) is 1.09. The normalized spacial score (nSPS) is 12.1. The molecule has 0 bridgehead atoms. The Balaban J connectivity index is 3.05. The SMILES string of the molecule is CCOC(C#N)c1cccc(Cl)c1F. The van der Waals surface area contributed by atoms with Crippen molar-refractivity contribution in [2.75, 3.05) is 6.61 Å². The minimum absolute atomic E-state index is 0.00227. The zero-order chi connectivity index (χ0) is 10.6.